The second-order valence-corrected chi connectivity index (χ2v) is 5.50. The summed E-state index contributed by atoms with van der Waals surface area (Å²) in [4.78, 5) is 4.47. The predicted octanol–water partition coefficient (Wildman–Crippen LogP) is 4.48. The molecule has 0 saturated heterocycles. The predicted molar refractivity (Wildman–Crippen MR) is 87.9 cm³/mol. The van der Waals surface area contributed by atoms with Crippen molar-refractivity contribution in [2.24, 2.45) is 0 Å². The zero-order chi connectivity index (χ0) is 14.7. The van der Waals surface area contributed by atoms with Crippen LogP contribution in [0.5, 0.6) is 0 Å². The van der Waals surface area contributed by atoms with Crippen molar-refractivity contribution in [2.45, 2.75) is 6.54 Å². The number of aromatic nitrogens is 1. The van der Waals surface area contributed by atoms with E-state index in [-0.39, 0.29) is 0 Å². The van der Waals surface area contributed by atoms with Crippen LogP contribution in [0.15, 0.2) is 59.2 Å². The highest BCUT2D eigenvalue weighted by Crippen LogP contribution is 2.25. The van der Waals surface area contributed by atoms with Gasteiger partial charge in [0.1, 0.15) is 0 Å². The van der Waals surface area contributed by atoms with E-state index in [9.17, 15) is 0 Å². The monoisotopic (exact) mass is 337 g/mol. The molecule has 0 saturated carbocycles. The number of hydrogen-bond donors (Lipinski definition) is 1. The molecular formula is C17H12BrN3. The Morgan fingerprint density at radius 1 is 1.10 bits per heavy atom. The molecule has 0 fully saturated rings. The Kier molecular flexibility index (Phi) is 3.85. The van der Waals surface area contributed by atoms with Crippen LogP contribution in [0.2, 0.25) is 0 Å². The zero-order valence-corrected chi connectivity index (χ0v) is 12.8. The van der Waals surface area contributed by atoms with Crippen molar-refractivity contribution in [2.75, 3.05) is 5.32 Å². The number of halogens is 1. The van der Waals surface area contributed by atoms with Crippen LogP contribution < -0.4 is 5.32 Å². The summed E-state index contributed by atoms with van der Waals surface area (Å²) in [6.07, 6.45) is 1.81. The smallest absolute Gasteiger partial charge is 0.0991 e. The lowest BCUT2D eigenvalue weighted by Gasteiger charge is -2.10. The summed E-state index contributed by atoms with van der Waals surface area (Å²) in [6, 6.07) is 17.6. The molecule has 0 amide bonds. The first-order chi connectivity index (χ1) is 10.3. The highest BCUT2D eigenvalue weighted by molar-refractivity contribution is 9.10. The minimum Gasteiger partial charge on any atom is -0.381 e. The molecule has 3 rings (SSSR count). The molecule has 1 N–H and O–H groups in total. The van der Waals surface area contributed by atoms with Gasteiger partial charge in [0.2, 0.25) is 0 Å². The van der Waals surface area contributed by atoms with Crippen LogP contribution in [0.3, 0.4) is 0 Å². The molecule has 4 heteroatoms. The Labute approximate surface area is 131 Å². The van der Waals surface area contributed by atoms with Crippen LogP contribution >= 0.6 is 15.9 Å². The number of nitriles is 1. The van der Waals surface area contributed by atoms with Crippen molar-refractivity contribution in [3.8, 4) is 6.07 Å². The third kappa shape index (κ3) is 2.88. The summed E-state index contributed by atoms with van der Waals surface area (Å²) in [7, 11) is 0. The molecule has 0 bridgehead atoms. The van der Waals surface area contributed by atoms with Crippen molar-refractivity contribution in [3.05, 3.63) is 70.3 Å². The van der Waals surface area contributed by atoms with Crippen LogP contribution in [-0.4, -0.2) is 4.98 Å². The van der Waals surface area contributed by atoms with Crippen LogP contribution in [0.4, 0.5) is 5.69 Å². The molecule has 2 aromatic carbocycles. The van der Waals surface area contributed by atoms with Gasteiger partial charge in [0.25, 0.3) is 0 Å². The van der Waals surface area contributed by atoms with Crippen molar-refractivity contribution >= 4 is 32.5 Å². The molecule has 1 heterocycles. The van der Waals surface area contributed by atoms with Gasteiger partial charge in [0, 0.05) is 28.3 Å². The second kappa shape index (κ2) is 5.94. The van der Waals surface area contributed by atoms with E-state index in [2.05, 4.69) is 44.4 Å². The van der Waals surface area contributed by atoms with Crippen LogP contribution in [0, 0.1) is 11.3 Å². The number of nitrogens with zero attached hydrogens (tertiary/aromatic N) is 2. The third-order valence-corrected chi connectivity index (χ3v) is 3.99. The van der Waals surface area contributed by atoms with Gasteiger partial charge in [0.15, 0.2) is 0 Å². The summed E-state index contributed by atoms with van der Waals surface area (Å²) >= 11 is 3.55. The fraction of sp³-hybridized carbons (Fsp3) is 0.0588. The number of benzene rings is 2. The van der Waals surface area contributed by atoms with E-state index in [0.29, 0.717) is 12.1 Å². The van der Waals surface area contributed by atoms with Crippen LogP contribution in [0.25, 0.3) is 10.9 Å². The molecule has 102 valence electrons. The number of fused-ring (bicyclic) bond motifs is 1. The van der Waals surface area contributed by atoms with Crippen molar-refractivity contribution in [3.63, 3.8) is 0 Å². The molecule has 0 atom stereocenters. The van der Waals surface area contributed by atoms with Gasteiger partial charge in [-0.15, -0.1) is 0 Å². The Balaban J connectivity index is 1.85. The molecule has 0 spiro atoms. The van der Waals surface area contributed by atoms with Gasteiger partial charge in [-0.2, -0.15) is 5.26 Å². The topological polar surface area (TPSA) is 48.7 Å². The minimum atomic E-state index is 0.663. The summed E-state index contributed by atoms with van der Waals surface area (Å²) in [5.74, 6) is 0. The van der Waals surface area contributed by atoms with E-state index in [4.69, 9.17) is 5.26 Å². The quantitative estimate of drug-likeness (QED) is 0.766. The lowest BCUT2D eigenvalue weighted by atomic mass is 10.1. The number of nitrogens with one attached hydrogen (secondary N) is 1. The lowest BCUT2D eigenvalue weighted by Crippen LogP contribution is -2.01. The highest BCUT2D eigenvalue weighted by atomic mass is 79.9. The Morgan fingerprint density at radius 2 is 1.90 bits per heavy atom. The lowest BCUT2D eigenvalue weighted by molar-refractivity contribution is 1.15. The van der Waals surface area contributed by atoms with E-state index >= 15 is 0 Å². The number of rotatable bonds is 3. The first-order valence-corrected chi connectivity index (χ1v) is 7.33. The van der Waals surface area contributed by atoms with Gasteiger partial charge in [-0.25, -0.2) is 0 Å². The average molecular weight is 338 g/mol. The van der Waals surface area contributed by atoms with Gasteiger partial charge in [-0.3, -0.25) is 4.98 Å². The second-order valence-electron chi connectivity index (χ2n) is 4.65. The summed E-state index contributed by atoms with van der Waals surface area (Å²) < 4.78 is 1.05. The number of pyridine rings is 1. The van der Waals surface area contributed by atoms with Crippen molar-refractivity contribution in [1.29, 1.82) is 5.26 Å². The first-order valence-electron chi connectivity index (χ1n) is 6.54. The van der Waals surface area contributed by atoms with Crippen LogP contribution in [0.1, 0.15) is 11.1 Å². The fourth-order valence-electron chi connectivity index (χ4n) is 2.20. The summed E-state index contributed by atoms with van der Waals surface area (Å²) in [6.45, 7) is 0.687. The van der Waals surface area contributed by atoms with Gasteiger partial charge in [-0.05, 0) is 42.0 Å². The largest absolute Gasteiger partial charge is 0.381 e. The maximum Gasteiger partial charge on any atom is 0.0991 e. The third-order valence-electron chi connectivity index (χ3n) is 3.30. The number of hydrogen-bond acceptors (Lipinski definition) is 3. The first kappa shape index (κ1) is 13.6. The Bertz CT molecular complexity index is 820. The average Bonchev–Trinajstić information content (AvgIpc) is 2.55. The maximum absolute atomic E-state index is 8.80. The van der Waals surface area contributed by atoms with E-state index in [0.717, 1.165) is 26.6 Å². The number of anilines is 1. The molecule has 3 aromatic rings. The molecule has 0 aliphatic rings. The minimum absolute atomic E-state index is 0.663. The Morgan fingerprint density at radius 3 is 2.67 bits per heavy atom. The normalized spacial score (nSPS) is 10.3. The van der Waals surface area contributed by atoms with Crippen molar-refractivity contribution in [1.82, 2.24) is 4.98 Å². The standard InChI is InChI=1S/C17H12BrN3/c18-16-8-5-13(17-15(16)2-1-9-20-17)11-21-14-6-3-12(10-19)4-7-14/h1-9,21H,11H2. The molecule has 21 heavy (non-hydrogen) atoms. The molecule has 3 nitrogen and oxygen atoms in total. The summed E-state index contributed by atoms with van der Waals surface area (Å²) in [5, 5.41) is 13.3. The van der Waals surface area contributed by atoms with E-state index in [1.54, 1.807) is 18.3 Å². The van der Waals surface area contributed by atoms with E-state index < -0.39 is 0 Å². The molecule has 0 aliphatic heterocycles. The molecule has 1 aromatic heterocycles. The van der Waals surface area contributed by atoms with Gasteiger partial charge < -0.3 is 5.32 Å². The van der Waals surface area contributed by atoms with Gasteiger partial charge >= 0.3 is 0 Å². The SMILES string of the molecule is N#Cc1ccc(NCc2ccc(Br)c3cccnc23)cc1. The Hall–Kier alpha value is -2.38. The molecule has 0 aliphatic carbocycles. The van der Waals surface area contributed by atoms with E-state index in [1.165, 1.54) is 0 Å². The fourth-order valence-corrected chi connectivity index (χ4v) is 2.65. The zero-order valence-electron chi connectivity index (χ0n) is 11.2. The molecule has 0 unspecified atom stereocenters. The highest BCUT2D eigenvalue weighted by Gasteiger charge is 2.05. The molecule has 0 radical (unpaired) electrons. The van der Waals surface area contributed by atoms with Crippen LogP contribution in [-0.2, 0) is 6.54 Å². The summed E-state index contributed by atoms with van der Waals surface area (Å²) in [5.41, 5.74) is 3.78. The van der Waals surface area contributed by atoms with Gasteiger partial charge in [0.05, 0.1) is 17.1 Å². The maximum atomic E-state index is 8.80. The van der Waals surface area contributed by atoms with Gasteiger partial charge in [-0.1, -0.05) is 28.1 Å². The van der Waals surface area contributed by atoms with Crippen molar-refractivity contribution < 1.29 is 0 Å². The van der Waals surface area contributed by atoms with E-state index in [1.807, 2.05) is 24.3 Å². The molecular weight excluding hydrogens is 326 g/mol.